The van der Waals surface area contributed by atoms with E-state index in [1.165, 1.54) is 41.6 Å². The van der Waals surface area contributed by atoms with Crippen LogP contribution in [0.3, 0.4) is 0 Å². The van der Waals surface area contributed by atoms with Crippen molar-refractivity contribution in [3.8, 4) is 11.1 Å². The monoisotopic (exact) mass is 337 g/mol. The molecule has 3 rings (SSSR count). The standard InChI is InChI=1S/C20H19NO4/c1-24-20(23)12-21-11-10-19(22)25-13-18-16-8-4-2-6-14(16)15-7-3-5-9-17(15)18/h2-11,18,21H,12-13H2,1H3. The van der Waals surface area contributed by atoms with Crippen molar-refractivity contribution in [1.29, 1.82) is 0 Å². The van der Waals surface area contributed by atoms with Crippen LogP contribution in [0.4, 0.5) is 0 Å². The maximum atomic E-state index is 11.9. The minimum Gasteiger partial charge on any atom is -0.468 e. The van der Waals surface area contributed by atoms with Gasteiger partial charge in [0.2, 0.25) is 0 Å². The van der Waals surface area contributed by atoms with Crippen molar-refractivity contribution in [2.45, 2.75) is 5.92 Å². The van der Waals surface area contributed by atoms with Crippen LogP contribution in [0.25, 0.3) is 11.1 Å². The third-order valence-corrected chi connectivity index (χ3v) is 4.17. The van der Waals surface area contributed by atoms with Crippen LogP contribution < -0.4 is 5.32 Å². The highest BCUT2D eigenvalue weighted by Crippen LogP contribution is 2.44. The molecule has 0 saturated heterocycles. The average molecular weight is 337 g/mol. The van der Waals surface area contributed by atoms with E-state index in [1.807, 2.05) is 24.3 Å². The predicted molar refractivity (Wildman–Crippen MR) is 93.8 cm³/mol. The lowest BCUT2D eigenvalue weighted by Gasteiger charge is -2.13. The van der Waals surface area contributed by atoms with Gasteiger partial charge < -0.3 is 14.8 Å². The van der Waals surface area contributed by atoms with Crippen LogP contribution in [0.15, 0.2) is 60.8 Å². The van der Waals surface area contributed by atoms with E-state index in [0.717, 1.165) is 0 Å². The third-order valence-electron chi connectivity index (χ3n) is 4.17. The summed E-state index contributed by atoms with van der Waals surface area (Å²) in [6.45, 7) is 0.276. The van der Waals surface area contributed by atoms with Crippen LogP contribution in [0, 0.1) is 0 Å². The van der Waals surface area contributed by atoms with Gasteiger partial charge in [-0.05, 0) is 22.3 Å². The smallest absolute Gasteiger partial charge is 0.332 e. The number of esters is 2. The number of carbonyl (C=O) groups is 2. The van der Waals surface area contributed by atoms with Gasteiger partial charge in [-0.3, -0.25) is 4.79 Å². The summed E-state index contributed by atoms with van der Waals surface area (Å²) in [5, 5.41) is 2.67. The molecule has 0 radical (unpaired) electrons. The normalized spacial score (nSPS) is 12.5. The second-order valence-corrected chi connectivity index (χ2v) is 5.65. The Labute approximate surface area is 146 Å². The average Bonchev–Trinajstić information content (AvgIpc) is 2.97. The number of hydrogen-bond donors (Lipinski definition) is 1. The minimum absolute atomic E-state index is 0.00363. The Morgan fingerprint density at radius 1 is 1.04 bits per heavy atom. The Balaban J connectivity index is 1.63. The zero-order valence-electron chi connectivity index (χ0n) is 13.9. The lowest BCUT2D eigenvalue weighted by atomic mass is 9.98. The molecule has 1 aliphatic carbocycles. The van der Waals surface area contributed by atoms with Crippen molar-refractivity contribution < 1.29 is 19.1 Å². The zero-order valence-corrected chi connectivity index (χ0v) is 13.9. The van der Waals surface area contributed by atoms with E-state index in [0.29, 0.717) is 0 Å². The summed E-state index contributed by atoms with van der Waals surface area (Å²) in [6, 6.07) is 16.3. The Morgan fingerprint density at radius 3 is 2.24 bits per heavy atom. The second kappa shape index (κ2) is 7.66. The van der Waals surface area contributed by atoms with Gasteiger partial charge in [0.05, 0.1) is 7.11 Å². The SMILES string of the molecule is COC(=O)CNC=CC(=O)OCC1c2ccccc2-c2ccccc21. The second-order valence-electron chi connectivity index (χ2n) is 5.65. The highest BCUT2D eigenvalue weighted by molar-refractivity contribution is 5.83. The Morgan fingerprint density at radius 2 is 1.64 bits per heavy atom. The molecule has 1 aliphatic rings. The molecule has 128 valence electrons. The molecule has 0 aromatic heterocycles. The maximum Gasteiger partial charge on any atom is 0.332 e. The van der Waals surface area contributed by atoms with Gasteiger partial charge in [0.15, 0.2) is 0 Å². The van der Waals surface area contributed by atoms with Crippen molar-refractivity contribution in [2.75, 3.05) is 20.3 Å². The number of carbonyl (C=O) groups excluding carboxylic acids is 2. The molecule has 0 atom stereocenters. The molecule has 0 bridgehead atoms. The maximum absolute atomic E-state index is 11.9. The molecule has 0 unspecified atom stereocenters. The Hall–Kier alpha value is -3.08. The van der Waals surface area contributed by atoms with Crippen LogP contribution in [0.5, 0.6) is 0 Å². The van der Waals surface area contributed by atoms with Crippen LogP contribution in [0.1, 0.15) is 17.0 Å². The van der Waals surface area contributed by atoms with Gasteiger partial charge in [0.25, 0.3) is 0 Å². The molecule has 2 aromatic carbocycles. The number of benzene rings is 2. The zero-order chi connectivity index (χ0) is 17.6. The van der Waals surface area contributed by atoms with Gasteiger partial charge >= 0.3 is 11.9 Å². The van der Waals surface area contributed by atoms with E-state index in [9.17, 15) is 9.59 Å². The summed E-state index contributed by atoms with van der Waals surface area (Å²) in [4.78, 5) is 22.8. The van der Waals surface area contributed by atoms with E-state index in [4.69, 9.17) is 4.74 Å². The molecule has 5 heteroatoms. The van der Waals surface area contributed by atoms with Crippen molar-refractivity contribution >= 4 is 11.9 Å². The summed E-state index contributed by atoms with van der Waals surface area (Å²) in [5.74, 6) is -0.829. The van der Waals surface area contributed by atoms with Gasteiger partial charge in [-0.1, -0.05) is 48.5 Å². The summed E-state index contributed by atoms with van der Waals surface area (Å²) in [5.41, 5.74) is 4.72. The first-order chi connectivity index (χ1) is 12.2. The van der Waals surface area contributed by atoms with Gasteiger partial charge in [-0.2, -0.15) is 0 Å². The summed E-state index contributed by atoms with van der Waals surface area (Å²) < 4.78 is 9.88. The molecule has 25 heavy (non-hydrogen) atoms. The van der Waals surface area contributed by atoms with Crippen LogP contribution in [0.2, 0.25) is 0 Å². The molecule has 0 aliphatic heterocycles. The van der Waals surface area contributed by atoms with Crippen molar-refractivity contribution in [1.82, 2.24) is 5.32 Å². The van der Waals surface area contributed by atoms with Crippen molar-refractivity contribution in [2.24, 2.45) is 0 Å². The highest BCUT2D eigenvalue weighted by Gasteiger charge is 2.28. The van der Waals surface area contributed by atoms with Gasteiger partial charge in [-0.15, -0.1) is 0 Å². The van der Waals surface area contributed by atoms with Crippen LogP contribution in [-0.4, -0.2) is 32.2 Å². The molecule has 2 aromatic rings. The molecular formula is C20H19NO4. The minimum atomic E-state index is -0.459. The van der Waals surface area contributed by atoms with E-state index < -0.39 is 11.9 Å². The molecule has 0 spiro atoms. The molecule has 0 heterocycles. The first kappa shape index (κ1) is 16.8. The molecule has 0 saturated carbocycles. The molecular weight excluding hydrogens is 318 g/mol. The lowest BCUT2D eigenvalue weighted by Crippen LogP contribution is -2.19. The topological polar surface area (TPSA) is 64.6 Å². The van der Waals surface area contributed by atoms with Gasteiger partial charge in [0.1, 0.15) is 13.2 Å². The number of methoxy groups -OCH3 is 1. The van der Waals surface area contributed by atoms with Crippen LogP contribution in [-0.2, 0) is 19.1 Å². The van der Waals surface area contributed by atoms with Crippen molar-refractivity contribution in [3.05, 3.63) is 71.9 Å². The Bertz CT molecular complexity index is 767. The summed E-state index contributed by atoms with van der Waals surface area (Å²) in [7, 11) is 1.30. The summed E-state index contributed by atoms with van der Waals surface area (Å²) >= 11 is 0. The Kier molecular flexibility index (Phi) is 5.14. The first-order valence-electron chi connectivity index (χ1n) is 8.02. The van der Waals surface area contributed by atoms with E-state index in [1.54, 1.807) is 0 Å². The highest BCUT2D eigenvalue weighted by atomic mass is 16.5. The number of fused-ring (bicyclic) bond motifs is 3. The number of rotatable bonds is 6. The summed E-state index contributed by atoms with van der Waals surface area (Å²) in [6.07, 6.45) is 2.64. The van der Waals surface area contributed by atoms with Crippen molar-refractivity contribution in [3.63, 3.8) is 0 Å². The fourth-order valence-electron chi connectivity index (χ4n) is 2.99. The first-order valence-corrected chi connectivity index (χ1v) is 8.02. The number of nitrogens with one attached hydrogen (secondary N) is 1. The molecule has 0 amide bonds. The van der Waals surface area contributed by atoms with E-state index in [-0.39, 0.29) is 19.1 Å². The van der Waals surface area contributed by atoms with Gasteiger partial charge in [-0.25, -0.2) is 4.79 Å². The van der Waals surface area contributed by atoms with Crippen LogP contribution >= 0.6 is 0 Å². The fraction of sp³-hybridized carbons (Fsp3) is 0.200. The molecule has 1 N–H and O–H groups in total. The largest absolute Gasteiger partial charge is 0.468 e. The fourth-order valence-corrected chi connectivity index (χ4v) is 2.99. The van der Waals surface area contributed by atoms with E-state index in [2.05, 4.69) is 34.3 Å². The third kappa shape index (κ3) is 3.71. The van der Waals surface area contributed by atoms with E-state index >= 15 is 0 Å². The number of ether oxygens (including phenoxy) is 2. The quantitative estimate of drug-likeness (QED) is 0.648. The number of hydrogen-bond acceptors (Lipinski definition) is 5. The molecule has 0 fully saturated rings. The lowest BCUT2D eigenvalue weighted by molar-refractivity contribution is -0.140. The predicted octanol–water partition coefficient (Wildman–Crippen LogP) is 2.62. The van der Waals surface area contributed by atoms with Gasteiger partial charge in [0, 0.05) is 18.2 Å². The molecule has 5 nitrogen and oxygen atoms in total.